The average molecular weight is 182 g/mol. The van der Waals surface area contributed by atoms with Crippen LogP contribution in [0.4, 0.5) is 0 Å². The standard InChI is InChI=1S/C11H22N2/c1-9(2)13-7-6-10-4-5-11(8-13)12(10)3/h9-11H,4-8H2,1-3H3. The molecule has 2 heterocycles. The van der Waals surface area contributed by atoms with E-state index in [0.29, 0.717) is 0 Å². The molecule has 0 aliphatic carbocycles. The molecule has 2 bridgehead atoms. The topological polar surface area (TPSA) is 6.48 Å². The van der Waals surface area contributed by atoms with Crippen LogP contribution in [-0.4, -0.2) is 48.1 Å². The molecule has 0 aromatic carbocycles. The molecule has 76 valence electrons. The van der Waals surface area contributed by atoms with Crippen LogP contribution in [0.3, 0.4) is 0 Å². The van der Waals surface area contributed by atoms with Crippen LogP contribution >= 0.6 is 0 Å². The van der Waals surface area contributed by atoms with Gasteiger partial charge in [-0.25, -0.2) is 0 Å². The number of rotatable bonds is 1. The lowest BCUT2D eigenvalue weighted by molar-refractivity contribution is 0.189. The van der Waals surface area contributed by atoms with Crippen LogP contribution < -0.4 is 0 Å². The third-order valence-corrected chi connectivity index (χ3v) is 3.91. The van der Waals surface area contributed by atoms with E-state index >= 15 is 0 Å². The molecule has 0 radical (unpaired) electrons. The molecule has 2 unspecified atom stereocenters. The average Bonchev–Trinajstić information content (AvgIpc) is 2.25. The van der Waals surface area contributed by atoms with Gasteiger partial charge in [-0.05, 0) is 46.7 Å². The van der Waals surface area contributed by atoms with Gasteiger partial charge in [-0.15, -0.1) is 0 Å². The van der Waals surface area contributed by atoms with Gasteiger partial charge in [0.25, 0.3) is 0 Å². The summed E-state index contributed by atoms with van der Waals surface area (Å²) in [4.78, 5) is 5.25. The minimum absolute atomic E-state index is 0.729. The van der Waals surface area contributed by atoms with Crippen LogP contribution in [0.2, 0.25) is 0 Å². The summed E-state index contributed by atoms with van der Waals surface area (Å²) in [7, 11) is 2.31. The number of likely N-dealkylation sites (tertiary alicyclic amines) is 1. The van der Waals surface area contributed by atoms with Crippen molar-refractivity contribution in [2.75, 3.05) is 20.1 Å². The Morgan fingerprint density at radius 3 is 2.46 bits per heavy atom. The van der Waals surface area contributed by atoms with Crippen LogP contribution in [0, 0.1) is 0 Å². The van der Waals surface area contributed by atoms with E-state index in [9.17, 15) is 0 Å². The highest BCUT2D eigenvalue weighted by Gasteiger charge is 2.34. The molecule has 0 saturated carbocycles. The molecule has 2 nitrogen and oxygen atoms in total. The SMILES string of the molecule is CC(C)N1CCC2CCC(C1)N2C. The summed E-state index contributed by atoms with van der Waals surface area (Å²) in [5.41, 5.74) is 0. The van der Waals surface area contributed by atoms with Gasteiger partial charge in [0.2, 0.25) is 0 Å². The first-order valence-corrected chi connectivity index (χ1v) is 5.64. The number of nitrogens with zero attached hydrogens (tertiary/aromatic N) is 2. The van der Waals surface area contributed by atoms with Crippen molar-refractivity contribution in [1.29, 1.82) is 0 Å². The van der Waals surface area contributed by atoms with Gasteiger partial charge in [0, 0.05) is 24.7 Å². The smallest absolute Gasteiger partial charge is 0.0223 e. The van der Waals surface area contributed by atoms with E-state index in [1.165, 1.54) is 32.4 Å². The second kappa shape index (κ2) is 3.58. The lowest BCUT2D eigenvalue weighted by Crippen LogP contribution is -2.39. The fourth-order valence-electron chi connectivity index (χ4n) is 2.80. The Hall–Kier alpha value is -0.0800. The highest BCUT2D eigenvalue weighted by molar-refractivity contribution is 4.91. The quantitative estimate of drug-likeness (QED) is 0.607. The summed E-state index contributed by atoms with van der Waals surface area (Å²) >= 11 is 0. The maximum absolute atomic E-state index is 2.64. The van der Waals surface area contributed by atoms with Gasteiger partial charge < -0.3 is 0 Å². The zero-order valence-electron chi connectivity index (χ0n) is 9.16. The van der Waals surface area contributed by atoms with E-state index in [4.69, 9.17) is 0 Å². The monoisotopic (exact) mass is 182 g/mol. The minimum Gasteiger partial charge on any atom is -0.299 e. The maximum Gasteiger partial charge on any atom is 0.0223 e. The lowest BCUT2D eigenvalue weighted by atomic mass is 10.1. The molecule has 2 rings (SSSR count). The van der Waals surface area contributed by atoms with Gasteiger partial charge in [-0.2, -0.15) is 0 Å². The largest absolute Gasteiger partial charge is 0.299 e. The molecular formula is C11H22N2. The van der Waals surface area contributed by atoms with Crippen molar-refractivity contribution in [3.63, 3.8) is 0 Å². The number of hydrogen-bond acceptors (Lipinski definition) is 2. The van der Waals surface area contributed by atoms with Gasteiger partial charge in [-0.3, -0.25) is 9.80 Å². The van der Waals surface area contributed by atoms with E-state index in [1.54, 1.807) is 0 Å². The molecule has 0 spiro atoms. The Morgan fingerprint density at radius 1 is 1.08 bits per heavy atom. The molecular weight excluding hydrogens is 160 g/mol. The Bertz CT molecular complexity index is 179. The molecule has 2 atom stereocenters. The molecule has 2 saturated heterocycles. The van der Waals surface area contributed by atoms with Crippen molar-refractivity contribution in [2.45, 2.75) is 51.2 Å². The summed E-state index contributed by atoms with van der Waals surface area (Å²) in [6.07, 6.45) is 4.24. The van der Waals surface area contributed by atoms with Crippen LogP contribution in [0.25, 0.3) is 0 Å². The number of hydrogen-bond donors (Lipinski definition) is 0. The van der Waals surface area contributed by atoms with Gasteiger partial charge >= 0.3 is 0 Å². The third-order valence-electron chi connectivity index (χ3n) is 3.91. The van der Waals surface area contributed by atoms with Crippen LogP contribution in [-0.2, 0) is 0 Å². The van der Waals surface area contributed by atoms with E-state index in [-0.39, 0.29) is 0 Å². The Labute approximate surface area is 81.9 Å². The maximum atomic E-state index is 2.64. The molecule has 2 fully saturated rings. The summed E-state index contributed by atoms with van der Waals surface area (Å²) in [6.45, 7) is 7.24. The molecule has 0 aromatic heterocycles. The highest BCUT2D eigenvalue weighted by Crippen LogP contribution is 2.28. The molecule has 2 aliphatic heterocycles. The normalized spacial score (nSPS) is 36.9. The van der Waals surface area contributed by atoms with Crippen LogP contribution in [0.5, 0.6) is 0 Å². The van der Waals surface area contributed by atoms with Gasteiger partial charge in [0.05, 0.1) is 0 Å². The van der Waals surface area contributed by atoms with E-state index in [1.807, 2.05) is 0 Å². The Balaban J connectivity index is 2.03. The fraction of sp³-hybridized carbons (Fsp3) is 1.00. The molecule has 2 aliphatic rings. The summed E-state index contributed by atoms with van der Waals surface area (Å²) in [5.74, 6) is 0. The van der Waals surface area contributed by atoms with Crippen molar-refractivity contribution in [3.8, 4) is 0 Å². The van der Waals surface area contributed by atoms with Crippen molar-refractivity contribution in [1.82, 2.24) is 9.80 Å². The van der Waals surface area contributed by atoms with Gasteiger partial charge in [0.1, 0.15) is 0 Å². The molecule has 0 amide bonds. The summed E-state index contributed by atoms with van der Waals surface area (Å²) < 4.78 is 0. The fourth-order valence-corrected chi connectivity index (χ4v) is 2.80. The molecule has 13 heavy (non-hydrogen) atoms. The first kappa shape index (κ1) is 9.47. The van der Waals surface area contributed by atoms with E-state index in [0.717, 1.165) is 18.1 Å². The number of fused-ring (bicyclic) bond motifs is 2. The second-order valence-electron chi connectivity index (χ2n) is 4.93. The first-order chi connectivity index (χ1) is 6.18. The van der Waals surface area contributed by atoms with Crippen molar-refractivity contribution >= 4 is 0 Å². The second-order valence-corrected chi connectivity index (χ2v) is 4.93. The van der Waals surface area contributed by atoms with Crippen molar-refractivity contribution in [2.24, 2.45) is 0 Å². The third kappa shape index (κ3) is 1.75. The molecule has 0 aromatic rings. The van der Waals surface area contributed by atoms with Gasteiger partial charge in [-0.1, -0.05) is 0 Å². The predicted molar refractivity (Wildman–Crippen MR) is 55.9 cm³/mol. The zero-order chi connectivity index (χ0) is 9.42. The van der Waals surface area contributed by atoms with Crippen LogP contribution in [0.1, 0.15) is 33.1 Å². The molecule has 2 heteroatoms. The van der Waals surface area contributed by atoms with E-state index in [2.05, 4.69) is 30.7 Å². The summed E-state index contributed by atoms with van der Waals surface area (Å²) in [5, 5.41) is 0. The van der Waals surface area contributed by atoms with Crippen molar-refractivity contribution in [3.05, 3.63) is 0 Å². The van der Waals surface area contributed by atoms with Crippen molar-refractivity contribution < 1.29 is 0 Å². The van der Waals surface area contributed by atoms with Gasteiger partial charge in [0.15, 0.2) is 0 Å². The Morgan fingerprint density at radius 2 is 1.77 bits per heavy atom. The minimum atomic E-state index is 0.729. The summed E-state index contributed by atoms with van der Waals surface area (Å²) in [6, 6.07) is 2.45. The zero-order valence-corrected chi connectivity index (χ0v) is 9.16. The van der Waals surface area contributed by atoms with E-state index < -0.39 is 0 Å². The predicted octanol–water partition coefficient (Wildman–Crippen LogP) is 1.56. The Kier molecular flexibility index (Phi) is 2.61. The molecule has 0 N–H and O–H groups in total. The lowest BCUT2D eigenvalue weighted by Gasteiger charge is -2.28. The number of likely N-dealkylation sites (N-methyl/N-ethyl adjacent to an activating group) is 1. The highest BCUT2D eigenvalue weighted by atomic mass is 15.3. The van der Waals surface area contributed by atoms with Crippen LogP contribution in [0.15, 0.2) is 0 Å². The first-order valence-electron chi connectivity index (χ1n) is 5.64.